The van der Waals surface area contributed by atoms with Crippen LogP contribution in [-0.4, -0.2) is 33.9 Å². The number of nitrogens with one attached hydrogen (secondary N) is 1. The van der Waals surface area contributed by atoms with Gasteiger partial charge in [0, 0.05) is 6.54 Å². The molecule has 1 amide bonds. The summed E-state index contributed by atoms with van der Waals surface area (Å²) in [7, 11) is 0. The third kappa shape index (κ3) is 4.34. The van der Waals surface area contributed by atoms with Crippen LogP contribution in [0, 0.1) is 23.2 Å². The molecule has 1 heterocycles. The molecular formula is C27H38N4O2. The number of carbonyl (C=O) groups is 1. The number of fused-ring (bicyclic) bond motifs is 1. The van der Waals surface area contributed by atoms with Crippen molar-refractivity contribution in [2.75, 3.05) is 13.1 Å². The van der Waals surface area contributed by atoms with Crippen molar-refractivity contribution in [3.63, 3.8) is 0 Å². The van der Waals surface area contributed by atoms with Crippen LogP contribution in [-0.2, 0) is 4.79 Å². The highest BCUT2D eigenvalue weighted by Crippen LogP contribution is 2.60. The fraction of sp³-hybridized carbons (Fsp3) is 0.667. The minimum Gasteiger partial charge on any atom is -0.332 e. The quantitative estimate of drug-likeness (QED) is 0.548. The van der Waals surface area contributed by atoms with E-state index in [1.165, 1.54) is 19.3 Å². The maximum absolute atomic E-state index is 14.3. The van der Waals surface area contributed by atoms with Crippen molar-refractivity contribution in [3.05, 3.63) is 40.4 Å². The van der Waals surface area contributed by atoms with Crippen molar-refractivity contribution in [2.45, 2.75) is 77.2 Å². The number of nitrogens with zero attached hydrogens (tertiary/aromatic N) is 2. The summed E-state index contributed by atoms with van der Waals surface area (Å²) in [5, 5.41) is 0.592. The van der Waals surface area contributed by atoms with E-state index in [1.807, 2.05) is 25.1 Å². The second-order valence-corrected chi connectivity index (χ2v) is 11.0. The first-order valence-electron chi connectivity index (χ1n) is 13.0. The summed E-state index contributed by atoms with van der Waals surface area (Å²) in [4.78, 5) is 36.8. The highest BCUT2D eigenvalue weighted by atomic mass is 16.2. The van der Waals surface area contributed by atoms with Crippen molar-refractivity contribution in [1.82, 2.24) is 14.9 Å². The number of H-pyrrole nitrogens is 1. The van der Waals surface area contributed by atoms with Crippen LogP contribution in [0.3, 0.4) is 0 Å². The smallest absolute Gasteiger partial charge is 0.258 e. The molecule has 0 aliphatic heterocycles. The van der Waals surface area contributed by atoms with Gasteiger partial charge >= 0.3 is 0 Å². The molecule has 178 valence electrons. The average molecular weight is 451 g/mol. The van der Waals surface area contributed by atoms with E-state index in [0.29, 0.717) is 35.7 Å². The summed E-state index contributed by atoms with van der Waals surface area (Å²) in [5.41, 5.74) is 6.02. The third-order valence-corrected chi connectivity index (χ3v) is 8.60. The lowest BCUT2D eigenvalue weighted by Gasteiger charge is -2.57. The van der Waals surface area contributed by atoms with Crippen LogP contribution in [0.4, 0.5) is 0 Å². The maximum Gasteiger partial charge on any atom is 0.258 e. The van der Waals surface area contributed by atoms with Crippen molar-refractivity contribution in [3.8, 4) is 0 Å². The molecule has 2 aromatic rings. The van der Waals surface area contributed by atoms with E-state index in [-0.39, 0.29) is 17.0 Å². The van der Waals surface area contributed by atoms with E-state index in [4.69, 9.17) is 10.7 Å². The SMILES string of the molecule is CC(c1nc2ccccc2c(=O)[nH]1)N(CCCCCCN)C(=O)C12CC3CC(CC(C3)C1)C2. The summed E-state index contributed by atoms with van der Waals surface area (Å²) in [6, 6.07) is 7.17. The molecule has 4 bridgehead atoms. The number of unbranched alkanes of at least 4 members (excludes halogenated alkanes) is 3. The first-order chi connectivity index (χ1) is 16.0. The van der Waals surface area contributed by atoms with Gasteiger partial charge in [-0.25, -0.2) is 4.98 Å². The van der Waals surface area contributed by atoms with Crippen LogP contribution in [0.15, 0.2) is 29.1 Å². The molecule has 0 spiro atoms. The number of amides is 1. The van der Waals surface area contributed by atoms with Gasteiger partial charge in [0.1, 0.15) is 5.82 Å². The lowest BCUT2D eigenvalue weighted by atomic mass is 9.49. The number of hydrogen-bond donors (Lipinski definition) is 2. The van der Waals surface area contributed by atoms with Gasteiger partial charge in [0.2, 0.25) is 5.91 Å². The highest BCUT2D eigenvalue weighted by Gasteiger charge is 2.56. The van der Waals surface area contributed by atoms with Gasteiger partial charge in [-0.05, 0) is 94.7 Å². The van der Waals surface area contributed by atoms with Gasteiger partial charge in [-0.2, -0.15) is 0 Å². The number of benzene rings is 1. The summed E-state index contributed by atoms with van der Waals surface area (Å²) >= 11 is 0. The minimum absolute atomic E-state index is 0.132. The molecule has 0 saturated heterocycles. The Morgan fingerprint density at radius 1 is 1.09 bits per heavy atom. The van der Waals surface area contributed by atoms with Crippen molar-refractivity contribution in [2.24, 2.45) is 28.9 Å². The number of rotatable bonds is 9. The molecule has 1 aromatic heterocycles. The van der Waals surface area contributed by atoms with Crippen LogP contribution in [0.2, 0.25) is 0 Å². The zero-order chi connectivity index (χ0) is 23.0. The molecule has 1 aromatic carbocycles. The Morgan fingerprint density at radius 3 is 2.39 bits per heavy atom. The average Bonchev–Trinajstić information content (AvgIpc) is 2.80. The van der Waals surface area contributed by atoms with Gasteiger partial charge in [0.15, 0.2) is 0 Å². The van der Waals surface area contributed by atoms with Gasteiger partial charge in [-0.3, -0.25) is 9.59 Å². The molecule has 6 rings (SSSR count). The zero-order valence-electron chi connectivity index (χ0n) is 19.9. The van der Waals surface area contributed by atoms with Gasteiger partial charge in [-0.15, -0.1) is 0 Å². The van der Waals surface area contributed by atoms with Crippen molar-refractivity contribution < 1.29 is 4.79 Å². The predicted molar refractivity (Wildman–Crippen MR) is 131 cm³/mol. The summed E-state index contributed by atoms with van der Waals surface area (Å²) < 4.78 is 0. The Bertz CT molecular complexity index is 1030. The summed E-state index contributed by atoms with van der Waals surface area (Å²) in [6.45, 7) is 3.46. The van der Waals surface area contributed by atoms with Crippen molar-refractivity contribution in [1.29, 1.82) is 0 Å². The first kappa shape index (κ1) is 22.6. The molecule has 1 unspecified atom stereocenters. The molecule has 6 heteroatoms. The number of aromatic nitrogens is 2. The van der Waals surface area contributed by atoms with Gasteiger partial charge in [0.05, 0.1) is 22.4 Å². The van der Waals surface area contributed by atoms with Gasteiger partial charge < -0.3 is 15.6 Å². The van der Waals surface area contributed by atoms with E-state index in [2.05, 4.69) is 9.88 Å². The summed E-state index contributed by atoms with van der Waals surface area (Å²) in [6.07, 6.45) is 11.3. The van der Waals surface area contributed by atoms with Gasteiger partial charge in [-0.1, -0.05) is 25.0 Å². The van der Waals surface area contributed by atoms with Gasteiger partial charge in [0.25, 0.3) is 5.56 Å². The molecule has 4 aliphatic carbocycles. The van der Waals surface area contributed by atoms with E-state index in [1.54, 1.807) is 6.07 Å². The fourth-order valence-corrected chi connectivity index (χ4v) is 7.38. The Balaban J connectivity index is 1.43. The molecule has 33 heavy (non-hydrogen) atoms. The predicted octanol–water partition coefficient (Wildman–Crippen LogP) is 4.55. The fourth-order valence-electron chi connectivity index (χ4n) is 7.38. The normalized spacial score (nSPS) is 28.8. The highest BCUT2D eigenvalue weighted by molar-refractivity contribution is 5.84. The largest absolute Gasteiger partial charge is 0.332 e. The third-order valence-electron chi connectivity index (χ3n) is 8.60. The monoisotopic (exact) mass is 450 g/mol. The Labute approximate surface area is 196 Å². The van der Waals surface area contributed by atoms with Crippen LogP contribution < -0.4 is 11.3 Å². The minimum atomic E-state index is -0.252. The Kier molecular flexibility index (Phi) is 6.30. The number of carbonyl (C=O) groups excluding carboxylic acids is 1. The van der Waals surface area contributed by atoms with E-state index in [0.717, 1.165) is 62.7 Å². The molecule has 4 saturated carbocycles. The maximum atomic E-state index is 14.3. The number of hydrogen-bond acceptors (Lipinski definition) is 4. The first-order valence-corrected chi connectivity index (χ1v) is 13.0. The summed E-state index contributed by atoms with van der Waals surface area (Å²) in [5.74, 6) is 3.07. The van der Waals surface area contributed by atoms with Crippen LogP contribution >= 0.6 is 0 Å². The second-order valence-electron chi connectivity index (χ2n) is 11.0. The molecule has 0 radical (unpaired) electrons. The molecule has 4 fully saturated rings. The lowest BCUT2D eigenvalue weighted by molar-refractivity contribution is -0.160. The standard InChI is InChI=1S/C27H38N4O2/c1-18(24-29-23-9-5-4-8-22(23)25(32)30-24)31(11-7-3-2-6-10-28)26(33)27-15-19-12-20(16-27)14-21(13-19)17-27/h4-5,8-9,18-21H,2-3,6-7,10-17,28H2,1H3,(H,29,30,32). The van der Waals surface area contributed by atoms with Crippen LogP contribution in [0.5, 0.6) is 0 Å². The molecule has 1 atom stereocenters. The number of para-hydroxylation sites is 1. The van der Waals surface area contributed by atoms with Crippen LogP contribution in [0.25, 0.3) is 10.9 Å². The zero-order valence-corrected chi connectivity index (χ0v) is 19.9. The number of nitrogens with two attached hydrogens (primary N) is 1. The molecule has 3 N–H and O–H groups in total. The molecule has 4 aliphatic rings. The number of aromatic amines is 1. The molecule has 6 nitrogen and oxygen atoms in total. The second kappa shape index (κ2) is 9.21. The van der Waals surface area contributed by atoms with Crippen LogP contribution in [0.1, 0.15) is 83.0 Å². The molecular weight excluding hydrogens is 412 g/mol. The topological polar surface area (TPSA) is 92.1 Å². The lowest BCUT2D eigenvalue weighted by Crippen LogP contribution is -2.55. The van der Waals surface area contributed by atoms with E-state index in [9.17, 15) is 9.59 Å². The van der Waals surface area contributed by atoms with E-state index >= 15 is 0 Å². The van der Waals surface area contributed by atoms with E-state index < -0.39 is 0 Å². The Morgan fingerprint density at radius 2 is 1.73 bits per heavy atom. The van der Waals surface area contributed by atoms with Crippen molar-refractivity contribution >= 4 is 16.8 Å². The Hall–Kier alpha value is -2.21.